The third kappa shape index (κ3) is 5.30. The fourth-order valence-corrected chi connectivity index (χ4v) is 4.74. The number of alkyl halides is 6. The number of benzene rings is 2. The van der Waals surface area contributed by atoms with Gasteiger partial charge in [0.15, 0.2) is 0 Å². The zero-order valence-electron chi connectivity index (χ0n) is 14.6. The summed E-state index contributed by atoms with van der Waals surface area (Å²) in [5.74, 6) is 0. The smallest absolute Gasteiger partial charge is 0.473 e. The highest BCUT2D eigenvalue weighted by atomic mass is 32.2. The molecule has 0 bridgehead atoms. The first-order valence-electron chi connectivity index (χ1n) is 7.86. The van der Waals surface area contributed by atoms with Gasteiger partial charge in [-0.3, -0.25) is 0 Å². The van der Waals surface area contributed by atoms with Crippen molar-refractivity contribution in [1.82, 2.24) is 4.31 Å². The van der Waals surface area contributed by atoms with Crippen molar-refractivity contribution in [2.24, 2.45) is 0 Å². The molecule has 0 saturated carbocycles. The molecular formula is C16H12F6NO5S2-. The molecule has 0 unspecified atom stereocenters. The van der Waals surface area contributed by atoms with E-state index >= 15 is 0 Å². The van der Waals surface area contributed by atoms with Crippen molar-refractivity contribution >= 4 is 20.1 Å². The van der Waals surface area contributed by atoms with E-state index in [1.54, 1.807) is 0 Å². The van der Waals surface area contributed by atoms with Gasteiger partial charge in [-0.1, -0.05) is 30.3 Å². The SMILES string of the molecule is O=S(=O)([O-])c1cccc(CCN(C(F)(F)F)S(=O)(=O)c2ccccc2)c1C(F)(F)F. The summed E-state index contributed by atoms with van der Waals surface area (Å²) in [5, 5.41) is 0. The number of nitrogens with zero attached hydrogens (tertiary/aromatic N) is 1. The highest BCUT2D eigenvalue weighted by Gasteiger charge is 2.46. The molecule has 0 N–H and O–H groups in total. The second-order valence-corrected chi connectivity index (χ2v) is 9.06. The summed E-state index contributed by atoms with van der Waals surface area (Å²) in [6, 6.07) is 7.20. The molecule has 6 nitrogen and oxygen atoms in total. The maximum Gasteiger partial charge on any atom is 0.473 e. The van der Waals surface area contributed by atoms with Crippen molar-refractivity contribution in [3.63, 3.8) is 0 Å². The number of halogens is 6. The molecule has 0 aliphatic heterocycles. The summed E-state index contributed by atoms with van der Waals surface area (Å²) < 4.78 is 137. The summed E-state index contributed by atoms with van der Waals surface area (Å²) >= 11 is 0. The quantitative estimate of drug-likeness (QED) is 0.362. The first-order chi connectivity index (χ1) is 13.6. The topological polar surface area (TPSA) is 94.6 Å². The van der Waals surface area contributed by atoms with Crippen LogP contribution in [-0.4, -0.2) is 38.5 Å². The Balaban J connectivity index is 2.52. The Bertz CT molecular complexity index is 1110. The van der Waals surface area contributed by atoms with Crippen LogP contribution in [0, 0.1) is 0 Å². The minimum absolute atomic E-state index is 0.372. The maximum atomic E-state index is 13.4. The van der Waals surface area contributed by atoms with E-state index in [1.165, 1.54) is 6.07 Å². The zero-order valence-corrected chi connectivity index (χ0v) is 16.2. The molecule has 0 spiro atoms. The van der Waals surface area contributed by atoms with Crippen LogP contribution in [0.1, 0.15) is 11.1 Å². The van der Waals surface area contributed by atoms with E-state index in [9.17, 15) is 47.7 Å². The predicted molar refractivity (Wildman–Crippen MR) is 89.5 cm³/mol. The van der Waals surface area contributed by atoms with Crippen LogP contribution in [0.2, 0.25) is 0 Å². The second-order valence-electron chi connectivity index (χ2n) is 5.85. The van der Waals surface area contributed by atoms with Gasteiger partial charge in [0.2, 0.25) is 10.0 Å². The zero-order chi connectivity index (χ0) is 23.0. The van der Waals surface area contributed by atoms with E-state index in [-0.39, 0.29) is 0 Å². The van der Waals surface area contributed by atoms with Gasteiger partial charge in [0.25, 0.3) is 0 Å². The Kier molecular flexibility index (Phi) is 6.57. The van der Waals surface area contributed by atoms with Gasteiger partial charge >= 0.3 is 12.5 Å². The molecule has 0 saturated heterocycles. The molecular weight excluding hydrogens is 464 g/mol. The molecule has 14 heteroatoms. The van der Waals surface area contributed by atoms with Gasteiger partial charge in [-0.05, 0) is 30.2 Å². The van der Waals surface area contributed by atoms with Crippen molar-refractivity contribution in [2.75, 3.05) is 6.54 Å². The molecule has 0 heterocycles. The highest BCUT2D eigenvalue weighted by molar-refractivity contribution is 7.89. The monoisotopic (exact) mass is 476 g/mol. The van der Waals surface area contributed by atoms with Gasteiger partial charge in [-0.15, -0.1) is 4.31 Å². The van der Waals surface area contributed by atoms with Crippen molar-refractivity contribution in [3.05, 3.63) is 59.7 Å². The van der Waals surface area contributed by atoms with Crippen LogP contribution >= 0.6 is 0 Å². The van der Waals surface area contributed by atoms with Crippen LogP contribution in [0.15, 0.2) is 58.3 Å². The van der Waals surface area contributed by atoms with E-state index in [4.69, 9.17) is 0 Å². The predicted octanol–water partition coefficient (Wildman–Crippen LogP) is 3.36. The molecule has 30 heavy (non-hydrogen) atoms. The van der Waals surface area contributed by atoms with E-state index in [1.807, 2.05) is 0 Å². The van der Waals surface area contributed by atoms with E-state index in [0.717, 1.165) is 30.3 Å². The third-order valence-corrected chi connectivity index (χ3v) is 6.58. The number of hydrogen-bond donors (Lipinski definition) is 0. The molecule has 0 aliphatic rings. The van der Waals surface area contributed by atoms with Gasteiger partial charge in [0.1, 0.15) is 10.1 Å². The average Bonchev–Trinajstić information content (AvgIpc) is 2.59. The van der Waals surface area contributed by atoms with Crippen molar-refractivity contribution in [1.29, 1.82) is 0 Å². The van der Waals surface area contributed by atoms with Crippen LogP contribution in [0.4, 0.5) is 26.3 Å². The summed E-state index contributed by atoms with van der Waals surface area (Å²) in [6.45, 7) is -1.48. The van der Waals surface area contributed by atoms with Crippen LogP contribution in [0.25, 0.3) is 0 Å². The third-order valence-electron chi connectivity index (χ3n) is 3.86. The van der Waals surface area contributed by atoms with Gasteiger partial charge in [-0.2, -0.15) is 26.3 Å². The summed E-state index contributed by atoms with van der Waals surface area (Å²) in [6.07, 6.45) is -12.0. The number of sulfonamides is 1. The standard InChI is InChI=1S/C16H13F6NO5S2/c17-15(18,19)14-11(5-4-8-13(14)30(26,27)28)9-10-23(16(20,21)22)29(24,25)12-6-2-1-3-7-12/h1-8H,9-10H2,(H,26,27,28)/p-1. The van der Waals surface area contributed by atoms with Crippen LogP contribution in [0.5, 0.6) is 0 Å². The van der Waals surface area contributed by atoms with Crippen molar-refractivity contribution in [2.45, 2.75) is 28.7 Å². The highest BCUT2D eigenvalue weighted by Crippen LogP contribution is 2.37. The summed E-state index contributed by atoms with van der Waals surface area (Å²) in [5.41, 5.74) is -2.91. The molecule has 2 aromatic rings. The lowest BCUT2D eigenvalue weighted by atomic mass is 10.0. The first-order valence-corrected chi connectivity index (χ1v) is 10.7. The van der Waals surface area contributed by atoms with E-state index < -0.39 is 70.8 Å². The van der Waals surface area contributed by atoms with Crippen LogP contribution in [0.3, 0.4) is 0 Å². The van der Waals surface area contributed by atoms with Crippen LogP contribution in [-0.2, 0) is 32.7 Å². The van der Waals surface area contributed by atoms with Crippen molar-refractivity contribution < 1.29 is 47.7 Å². The summed E-state index contributed by atoms with van der Waals surface area (Å²) in [4.78, 5) is -2.40. The minimum Gasteiger partial charge on any atom is -0.744 e. The van der Waals surface area contributed by atoms with Gasteiger partial charge < -0.3 is 4.55 Å². The lowest BCUT2D eigenvalue weighted by Crippen LogP contribution is -2.44. The Morgan fingerprint density at radius 1 is 0.833 bits per heavy atom. The molecule has 0 aliphatic carbocycles. The normalized spacial score (nSPS) is 13.6. The Labute approximate surface area is 167 Å². The number of rotatable bonds is 6. The molecule has 2 rings (SSSR count). The average molecular weight is 476 g/mol. The van der Waals surface area contributed by atoms with Gasteiger partial charge in [0.05, 0.1) is 15.4 Å². The minimum atomic E-state index is -5.60. The lowest BCUT2D eigenvalue weighted by molar-refractivity contribution is -0.209. The summed E-state index contributed by atoms with van der Waals surface area (Å²) in [7, 11) is -10.8. The maximum absolute atomic E-state index is 13.4. The molecule has 0 aromatic heterocycles. The Morgan fingerprint density at radius 3 is 1.87 bits per heavy atom. The molecule has 0 radical (unpaired) electrons. The fraction of sp³-hybridized carbons (Fsp3) is 0.250. The van der Waals surface area contributed by atoms with Crippen LogP contribution < -0.4 is 0 Å². The van der Waals surface area contributed by atoms with Crippen molar-refractivity contribution in [3.8, 4) is 0 Å². The molecule has 2 aromatic carbocycles. The lowest BCUT2D eigenvalue weighted by Gasteiger charge is -2.25. The van der Waals surface area contributed by atoms with Gasteiger partial charge in [0, 0.05) is 6.54 Å². The number of hydrogen-bond acceptors (Lipinski definition) is 5. The largest absolute Gasteiger partial charge is 0.744 e. The Hall–Kier alpha value is -2.16. The van der Waals surface area contributed by atoms with E-state index in [0.29, 0.717) is 12.1 Å². The fourth-order valence-electron chi connectivity index (χ4n) is 2.64. The van der Waals surface area contributed by atoms with E-state index in [2.05, 4.69) is 0 Å². The molecule has 0 amide bonds. The molecule has 0 fully saturated rings. The Morgan fingerprint density at radius 2 is 1.40 bits per heavy atom. The molecule has 0 atom stereocenters. The molecule has 166 valence electrons. The van der Waals surface area contributed by atoms with Gasteiger partial charge in [-0.25, -0.2) is 16.8 Å². The second kappa shape index (κ2) is 8.17. The first kappa shape index (κ1) is 24.1.